The molecule has 10 heteroatoms. The van der Waals surface area contributed by atoms with Gasteiger partial charge in [-0.15, -0.1) is 0 Å². The highest BCUT2D eigenvalue weighted by Crippen LogP contribution is 2.34. The third-order valence-electron chi connectivity index (χ3n) is 2.67. The number of carbonyl (C=O) groups excluding carboxylic acids is 1. The van der Waals surface area contributed by atoms with Gasteiger partial charge in [0.1, 0.15) is 6.54 Å². The Labute approximate surface area is 122 Å². The summed E-state index contributed by atoms with van der Waals surface area (Å²) in [6.45, 7) is 2.78. The SMILES string of the molecule is Cc1nn(CC(=O)Nc2c(C(F)(F)F)n[nH]c2C)cc1Cl. The van der Waals surface area contributed by atoms with Gasteiger partial charge < -0.3 is 5.32 Å². The molecular formula is C11H11ClF3N5O. The van der Waals surface area contributed by atoms with Crippen molar-refractivity contribution in [3.05, 3.63) is 28.3 Å². The van der Waals surface area contributed by atoms with Gasteiger partial charge in [0.2, 0.25) is 5.91 Å². The number of aromatic nitrogens is 4. The summed E-state index contributed by atoms with van der Waals surface area (Å²) in [5.41, 5.74) is -0.907. The molecule has 0 aliphatic rings. The van der Waals surface area contributed by atoms with Crippen LogP contribution in [0.15, 0.2) is 6.20 Å². The third kappa shape index (κ3) is 3.35. The smallest absolute Gasteiger partial charge is 0.321 e. The van der Waals surface area contributed by atoms with Crippen LogP contribution in [0.25, 0.3) is 0 Å². The number of hydrogen-bond acceptors (Lipinski definition) is 3. The van der Waals surface area contributed by atoms with E-state index >= 15 is 0 Å². The highest BCUT2D eigenvalue weighted by atomic mass is 35.5. The lowest BCUT2D eigenvalue weighted by molar-refractivity contribution is -0.140. The monoisotopic (exact) mass is 321 g/mol. The van der Waals surface area contributed by atoms with Crippen LogP contribution in [-0.4, -0.2) is 25.9 Å². The van der Waals surface area contributed by atoms with Gasteiger partial charge in [0.05, 0.1) is 22.1 Å². The molecule has 21 heavy (non-hydrogen) atoms. The van der Waals surface area contributed by atoms with E-state index in [-0.39, 0.29) is 17.9 Å². The van der Waals surface area contributed by atoms with Crippen molar-refractivity contribution in [3.8, 4) is 0 Å². The average Bonchev–Trinajstić information content (AvgIpc) is 2.83. The maximum atomic E-state index is 12.7. The molecule has 0 fully saturated rings. The first kappa shape index (κ1) is 15.4. The number of nitrogens with one attached hydrogen (secondary N) is 2. The van der Waals surface area contributed by atoms with Gasteiger partial charge in [-0.25, -0.2) is 0 Å². The van der Waals surface area contributed by atoms with E-state index in [2.05, 4.69) is 20.6 Å². The van der Waals surface area contributed by atoms with Gasteiger partial charge in [0.15, 0.2) is 5.69 Å². The lowest BCUT2D eigenvalue weighted by Gasteiger charge is -2.09. The van der Waals surface area contributed by atoms with Crippen LogP contribution in [0, 0.1) is 13.8 Å². The maximum Gasteiger partial charge on any atom is 0.437 e. The number of hydrogen-bond donors (Lipinski definition) is 2. The van der Waals surface area contributed by atoms with Crippen molar-refractivity contribution in [2.75, 3.05) is 5.32 Å². The molecule has 0 unspecified atom stereocenters. The lowest BCUT2D eigenvalue weighted by atomic mass is 10.3. The summed E-state index contributed by atoms with van der Waals surface area (Å²) in [6, 6.07) is 0. The fourth-order valence-electron chi connectivity index (χ4n) is 1.69. The molecule has 2 heterocycles. The number of alkyl halides is 3. The van der Waals surface area contributed by atoms with Crippen molar-refractivity contribution in [2.45, 2.75) is 26.6 Å². The molecular weight excluding hydrogens is 311 g/mol. The Morgan fingerprint density at radius 3 is 2.67 bits per heavy atom. The van der Waals surface area contributed by atoms with Crippen LogP contribution in [0.1, 0.15) is 17.1 Å². The normalized spacial score (nSPS) is 11.7. The summed E-state index contributed by atoms with van der Waals surface area (Å²) in [4.78, 5) is 11.8. The van der Waals surface area contributed by atoms with Crippen molar-refractivity contribution >= 4 is 23.2 Å². The minimum Gasteiger partial charge on any atom is -0.321 e. The van der Waals surface area contributed by atoms with Crippen LogP contribution >= 0.6 is 11.6 Å². The summed E-state index contributed by atoms with van der Waals surface area (Å²) in [5, 5.41) is 11.9. The zero-order chi connectivity index (χ0) is 15.8. The first-order chi connectivity index (χ1) is 9.68. The summed E-state index contributed by atoms with van der Waals surface area (Å²) in [5.74, 6) is -0.663. The van der Waals surface area contributed by atoms with E-state index in [1.807, 2.05) is 0 Å². The zero-order valence-corrected chi connectivity index (χ0v) is 11.8. The van der Waals surface area contributed by atoms with E-state index in [1.165, 1.54) is 17.8 Å². The zero-order valence-electron chi connectivity index (χ0n) is 11.0. The van der Waals surface area contributed by atoms with Crippen molar-refractivity contribution in [3.63, 3.8) is 0 Å². The molecule has 6 nitrogen and oxygen atoms in total. The molecule has 2 aromatic rings. The van der Waals surface area contributed by atoms with Crippen molar-refractivity contribution in [1.29, 1.82) is 0 Å². The fourth-order valence-corrected chi connectivity index (χ4v) is 1.84. The van der Waals surface area contributed by atoms with Gasteiger partial charge in [-0.2, -0.15) is 23.4 Å². The number of H-pyrrole nitrogens is 1. The first-order valence-electron chi connectivity index (χ1n) is 5.80. The second kappa shape index (κ2) is 5.40. The van der Waals surface area contributed by atoms with E-state index in [4.69, 9.17) is 11.6 Å². The predicted octanol–water partition coefficient (Wildman–Crippen LogP) is 2.53. The van der Waals surface area contributed by atoms with E-state index in [9.17, 15) is 18.0 Å². The number of nitrogens with zero attached hydrogens (tertiary/aromatic N) is 3. The minimum atomic E-state index is -4.65. The van der Waals surface area contributed by atoms with Crippen LogP contribution in [0.2, 0.25) is 5.02 Å². The molecule has 0 aliphatic carbocycles. The van der Waals surface area contributed by atoms with E-state index in [0.717, 1.165) is 0 Å². The molecule has 1 amide bonds. The molecule has 0 aromatic carbocycles. The van der Waals surface area contributed by atoms with Gasteiger partial charge in [-0.05, 0) is 13.8 Å². The number of aryl methyl sites for hydroxylation is 2. The van der Waals surface area contributed by atoms with Crippen molar-refractivity contribution in [2.24, 2.45) is 0 Å². The molecule has 0 atom stereocenters. The van der Waals surface area contributed by atoms with Crippen LogP contribution in [-0.2, 0) is 17.5 Å². The average molecular weight is 322 g/mol. The molecule has 2 aromatic heterocycles. The molecule has 0 saturated carbocycles. The maximum absolute atomic E-state index is 12.7. The second-order valence-corrected chi connectivity index (χ2v) is 4.79. The van der Waals surface area contributed by atoms with Crippen molar-refractivity contribution in [1.82, 2.24) is 20.0 Å². The van der Waals surface area contributed by atoms with Crippen LogP contribution in [0.5, 0.6) is 0 Å². The van der Waals surface area contributed by atoms with Crippen LogP contribution < -0.4 is 5.32 Å². The number of halogens is 4. The van der Waals surface area contributed by atoms with Crippen LogP contribution in [0.4, 0.5) is 18.9 Å². The van der Waals surface area contributed by atoms with Gasteiger partial charge in [-0.1, -0.05) is 11.6 Å². The highest BCUT2D eigenvalue weighted by molar-refractivity contribution is 6.31. The number of rotatable bonds is 3. The van der Waals surface area contributed by atoms with Crippen LogP contribution in [0.3, 0.4) is 0 Å². The van der Waals surface area contributed by atoms with Gasteiger partial charge in [-0.3, -0.25) is 14.6 Å². The molecule has 2 N–H and O–H groups in total. The summed E-state index contributed by atoms with van der Waals surface area (Å²) in [6.07, 6.45) is -3.23. The van der Waals surface area contributed by atoms with Crippen molar-refractivity contribution < 1.29 is 18.0 Å². The Morgan fingerprint density at radius 2 is 2.14 bits per heavy atom. The number of carbonyl (C=O) groups is 1. The Balaban J connectivity index is 2.15. The highest BCUT2D eigenvalue weighted by Gasteiger charge is 2.38. The van der Waals surface area contributed by atoms with Gasteiger partial charge in [0.25, 0.3) is 0 Å². The minimum absolute atomic E-state index is 0.116. The molecule has 0 aliphatic heterocycles. The van der Waals surface area contributed by atoms with Gasteiger partial charge in [0, 0.05) is 6.20 Å². The molecule has 0 radical (unpaired) electrons. The summed E-state index contributed by atoms with van der Waals surface area (Å²) >= 11 is 5.79. The number of aromatic amines is 1. The number of anilines is 1. The van der Waals surface area contributed by atoms with E-state index in [0.29, 0.717) is 10.7 Å². The third-order valence-corrected chi connectivity index (χ3v) is 3.04. The predicted molar refractivity (Wildman–Crippen MR) is 68.9 cm³/mol. The molecule has 2 rings (SSSR count). The van der Waals surface area contributed by atoms with E-state index < -0.39 is 17.8 Å². The standard InChI is InChI=1S/C11H11ClF3N5O/c1-5-7(12)3-20(19-5)4-8(21)16-9-6(2)17-18-10(9)11(13,14)15/h3H,4H2,1-2H3,(H,16,21)(H,17,18). The molecule has 114 valence electrons. The Hall–Kier alpha value is -2.03. The second-order valence-electron chi connectivity index (χ2n) is 4.38. The molecule has 0 bridgehead atoms. The summed E-state index contributed by atoms with van der Waals surface area (Å²) in [7, 11) is 0. The largest absolute Gasteiger partial charge is 0.437 e. The first-order valence-corrected chi connectivity index (χ1v) is 6.18. The molecule has 0 spiro atoms. The van der Waals surface area contributed by atoms with Gasteiger partial charge >= 0.3 is 6.18 Å². The lowest BCUT2D eigenvalue weighted by Crippen LogP contribution is -2.21. The Morgan fingerprint density at radius 1 is 1.48 bits per heavy atom. The van der Waals surface area contributed by atoms with E-state index in [1.54, 1.807) is 6.92 Å². The Bertz CT molecular complexity index is 656. The topological polar surface area (TPSA) is 75.6 Å². The number of amides is 1. The Kier molecular flexibility index (Phi) is 3.95. The quantitative estimate of drug-likeness (QED) is 0.912. The fraction of sp³-hybridized carbons (Fsp3) is 0.364. The molecule has 0 saturated heterocycles. The summed E-state index contributed by atoms with van der Waals surface area (Å²) < 4.78 is 39.4.